The number of ether oxygens (including phenoxy) is 1. The number of hydrogen-bond donors (Lipinski definition) is 1. The van der Waals surface area contributed by atoms with E-state index in [1.807, 2.05) is 81.4 Å². The smallest absolute Gasteiger partial charge is 0.261 e. The van der Waals surface area contributed by atoms with Gasteiger partial charge in [0, 0.05) is 13.1 Å². The Balaban J connectivity index is 1.83. The van der Waals surface area contributed by atoms with Gasteiger partial charge in [-0.2, -0.15) is 0 Å². The number of carbonyl (C=O) groups excluding carboxylic acids is 2. The highest BCUT2D eigenvalue weighted by Crippen LogP contribution is 2.33. The van der Waals surface area contributed by atoms with Crippen LogP contribution in [0.5, 0.6) is 5.75 Å². The second-order valence-electron chi connectivity index (χ2n) is 8.05. The van der Waals surface area contributed by atoms with Gasteiger partial charge in [0.15, 0.2) is 6.61 Å². The van der Waals surface area contributed by atoms with Crippen molar-refractivity contribution in [3.63, 3.8) is 0 Å². The number of carbonyl (C=O) groups is 2. The van der Waals surface area contributed by atoms with E-state index in [-0.39, 0.29) is 18.4 Å². The number of halogens is 1. The first-order valence-corrected chi connectivity index (χ1v) is 12.2. The number of nitrogens with zero attached hydrogens (tertiary/aromatic N) is 1. The highest BCUT2D eigenvalue weighted by Gasteiger charge is 2.29. The summed E-state index contributed by atoms with van der Waals surface area (Å²) in [5, 5.41) is 5.05. The van der Waals surface area contributed by atoms with Gasteiger partial charge in [-0.3, -0.25) is 9.59 Å². The quantitative estimate of drug-likeness (QED) is 0.384. The van der Waals surface area contributed by atoms with Crippen molar-refractivity contribution in [3.8, 4) is 5.75 Å². The van der Waals surface area contributed by atoms with Crippen LogP contribution >= 0.6 is 15.9 Å². The first-order valence-electron chi connectivity index (χ1n) is 11.4. The molecule has 1 N–H and O–H groups in total. The molecule has 0 heterocycles. The molecule has 1 unspecified atom stereocenters. The molecule has 0 radical (unpaired) electrons. The summed E-state index contributed by atoms with van der Waals surface area (Å²) in [6.07, 6.45) is 1.36. The van der Waals surface area contributed by atoms with Crippen molar-refractivity contribution in [3.05, 3.63) is 76.3 Å². The Morgan fingerprint density at radius 2 is 1.76 bits per heavy atom. The molecule has 3 rings (SSSR count). The molecule has 5 nitrogen and oxygen atoms in total. The molecular weight excluding hydrogens is 480 g/mol. The molecule has 0 aliphatic rings. The highest BCUT2D eigenvalue weighted by molar-refractivity contribution is 9.10. The van der Waals surface area contributed by atoms with Crippen LogP contribution in [0.4, 0.5) is 0 Å². The molecule has 0 spiro atoms. The van der Waals surface area contributed by atoms with Gasteiger partial charge < -0.3 is 15.0 Å². The lowest BCUT2D eigenvalue weighted by atomic mass is 10.1. The standard InChI is InChI=1S/C27H31BrN2O3/c1-4-16-29-27(32)23(5-2)30(17-21-12-7-6-10-19(21)3)25(31)18-33-24-15-14-20-11-8-9-13-22(20)26(24)28/h6-15,23H,4-5,16-18H2,1-3H3,(H,29,32). The van der Waals surface area contributed by atoms with Gasteiger partial charge in [0.25, 0.3) is 5.91 Å². The van der Waals surface area contributed by atoms with Crippen LogP contribution in [0.15, 0.2) is 65.1 Å². The minimum Gasteiger partial charge on any atom is -0.483 e. The van der Waals surface area contributed by atoms with E-state index < -0.39 is 6.04 Å². The average molecular weight is 511 g/mol. The second-order valence-corrected chi connectivity index (χ2v) is 8.84. The lowest BCUT2D eigenvalue weighted by Gasteiger charge is -2.31. The maximum Gasteiger partial charge on any atom is 0.261 e. The van der Waals surface area contributed by atoms with Crippen molar-refractivity contribution in [1.82, 2.24) is 10.2 Å². The SMILES string of the molecule is CCCNC(=O)C(CC)N(Cc1ccccc1C)C(=O)COc1ccc2ccccc2c1Br. The second kappa shape index (κ2) is 11.8. The van der Waals surface area contributed by atoms with Crippen LogP contribution in [0.3, 0.4) is 0 Å². The van der Waals surface area contributed by atoms with E-state index in [4.69, 9.17) is 4.74 Å². The van der Waals surface area contributed by atoms with Crippen LogP contribution in [-0.2, 0) is 16.1 Å². The van der Waals surface area contributed by atoms with Gasteiger partial charge in [-0.1, -0.05) is 68.4 Å². The molecule has 2 amide bonds. The molecule has 33 heavy (non-hydrogen) atoms. The van der Waals surface area contributed by atoms with E-state index in [0.29, 0.717) is 25.3 Å². The van der Waals surface area contributed by atoms with Gasteiger partial charge in [0.2, 0.25) is 5.91 Å². The molecule has 0 saturated carbocycles. The van der Waals surface area contributed by atoms with Crippen LogP contribution in [-0.4, -0.2) is 35.9 Å². The monoisotopic (exact) mass is 510 g/mol. The summed E-state index contributed by atoms with van der Waals surface area (Å²) in [6, 6.07) is 19.2. The fourth-order valence-electron chi connectivity index (χ4n) is 3.80. The maximum atomic E-state index is 13.4. The summed E-state index contributed by atoms with van der Waals surface area (Å²) >= 11 is 3.61. The van der Waals surface area contributed by atoms with E-state index in [9.17, 15) is 9.59 Å². The van der Waals surface area contributed by atoms with E-state index in [2.05, 4.69) is 21.2 Å². The third-order valence-corrected chi connectivity index (χ3v) is 6.53. The number of hydrogen-bond acceptors (Lipinski definition) is 3. The van der Waals surface area contributed by atoms with Crippen LogP contribution in [0.1, 0.15) is 37.8 Å². The third-order valence-electron chi connectivity index (χ3n) is 5.72. The Kier molecular flexibility index (Phi) is 8.89. The molecule has 0 aromatic heterocycles. The Labute approximate surface area is 204 Å². The Hall–Kier alpha value is -2.86. The highest BCUT2D eigenvalue weighted by atomic mass is 79.9. The van der Waals surface area contributed by atoms with Gasteiger partial charge in [-0.15, -0.1) is 0 Å². The van der Waals surface area contributed by atoms with Crippen molar-refractivity contribution >= 4 is 38.5 Å². The zero-order valence-corrected chi connectivity index (χ0v) is 21.0. The fourth-order valence-corrected chi connectivity index (χ4v) is 4.41. The molecule has 6 heteroatoms. The molecule has 174 valence electrons. The fraction of sp³-hybridized carbons (Fsp3) is 0.333. The molecule has 3 aromatic carbocycles. The molecule has 0 saturated heterocycles. The summed E-state index contributed by atoms with van der Waals surface area (Å²) < 4.78 is 6.75. The number of rotatable bonds is 10. The van der Waals surface area contributed by atoms with Crippen molar-refractivity contribution in [2.45, 2.75) is 46.2 Å². The van der Waals surface area contributed by atoms with Crippen LogP contribution in [0.25, 0.3) is 10.8 Å². The van der Waals surface area contributed by atoms with E-state index >= 15 is 0 Å². The van der Waals surface area contributed by atoms with Crippen LogP contribution < -0.4 is 10.1 Å². The van der Waals surface area contributed by atoms with Gasteiger partial charge >= 0.3 is 0 Å². The van der Waals surface area contributed by atoms with Crippen molar-refractivity contribution in [1.29, 1.82) is 0 Å². The summed E-state index contributed by atoms with van der Waals surface area (Å²) in [6.45, 7) is 6.73. The normalized spacial score (nSPS) is 11.8. The zero-order chi connectivity index (χ0) is 23.8. The predicted octanol–water partition coefficient (Wildman–Crippen LogP) is 5.62. The Bertz CT molecular complexity index is 1120. The molecule has 3 aromatic rings. The Morgan fingerprint density at radius 3 is 2.48 bits per heavy atom. The summed E-state index contributed by atoms with van der Waals surface area (Å²) in [5.41, 5.74) is 2.09. The summed E-state index contributed by atoms with van der Waals surface area (Å²) in [4.78, 5) is 27.9. The largest absolute Gasteiger partial charge is 0.483 e. The molecule has 0 fully saturated rings. The van der Waals surface area contributed by atoms with Crippen LogP contribution in [0, 0.1) is 6.92 Å². The average Bonchev–Trinajstić information content (AvgIpc) is 2.83. The van der Waals surface area contributed by atoms with Gasteiger partial charge in [0.05, 0.1) is 4.47 Å². The van der Waals surface area contributed by atoms with Crippen LogP contribution in [0.2, 0.25) is 0 Å². The summed E-state index contributed by atoms with van der Waals surface area (Å²) in [7, 11) is 0. The van der Waals surface area contributed by atoms with Crippen molar-refractivity contribution in [2.24, 2.45) is 0 Å². The lowest BCUT2D eigenvalue weighted by Crippen LogP contribution is -2.50. The number of aryl methyl sites for hydroxylation is 1. The lowest BCUT2D eigenvalue weighted by molar-refractivity contribution is -0.143. The minimum atomic E-state index is -0.563. The number of nitrogens with one attached hydrogen (secondary N) is 1. The van der Waals surface area contributed by atoms with Gasteiger partial charge in [-0.05, 0) is 63.7 Å². The number of fused-ring (bicyclic) bond motifs is 1. The van der Waals surface area contributed by atoms with Gasteiger partial charge in [0.1, 0.15) is 11.8 Å². The third kappa shape index (κ3) is 6.14. The Morgan fingerprint density at radius 1 is 1.03 bits per heavy atom. The first-order chi connectivity index (χ1) is 16.0. The number of benzene rings is 3. The molecule has 1 atom stereocenters. The molecular formula is C27H31BrN2O3. The number of amides is 2. The molecule has 0 aliphatic carbocycles. The topological polar surface area (TPSA) is 58.6 Å². The maximum absolute atomic E-state index is 13.4. The first kappa shape index (κ1) is 24.8. The van der Waals surface area contributed by atoms with Crippen molar-refractivity contribution < 1.29 is 14.3 Å². The van der Waals surface area contributed by atoms with E-state index in [0.717, 1.165) is 32.8 Å². The minimum absolute atomic E-state index is 0.131. The van der Waals surface area contributed by atoms with E-state index in [1.54, 1.807) is 4.90 Å². The van der Waals surface area contributed by atoms with Gasteiger partial charge in [-0.25, -0.2) is 0 Å². The van der Waals surface area contributed by atoms with E-state index in [1.165, 1.54) is 0 Å². The molecule has 0 aliphatic heterocycles. The van der Waals surface area contributed by atoms with Crippen molar-refractivity contribution in [2.75, 3.05) is 13.2 Å². The molecule has 0 bridgehead atoms. The summed E-state index contributed by atoms with van der Waals surface area (Å²) in [5.74, 6) is 0.242. The zero-order valence-electron chi connectivity index (χ0n) is 19.4. The predicted molar refractivity (Wildman–Crippen MR) is 136 cm³/mol.